The number of pyridine rings is 1. The van der Waals surface area contributed by atoms with Crippen LogP contribution in [0, 0.1) is 5.82 Å². The summed E-state index contributed by atoms with van der Waals surface area (Å²) in [5.41, 5.74) is 3.72. The Balaban J connectivity index is 1.86. The van der Waals surface area contributed by atoms with Gasteiger partial charge in [-0.25, -0.2) is 14.2 Å². The van der Waals surface area contributed by atoms with Crippen LogP contribution >= 0.6 is 11.6 Å². The number of likely N-dealkylation sites (tertiary alicyclic amines) is 1. The molecule has 1 fully saturated rings. The number of hydrogen-bond donors (Lipinski definition) is 2. The van der Waals surface area contributed by atoms with Gasteiger partial charge in [0.25, 0.3) is 0 Å². The Morgan fingerprint density at radius 1 is 1.12 bits per heavy atom. The molecule has 0 bridgehead atoms. The zero-order chi connectivity index (χ0) is 23.6. The van der Waals surface area contributed by atoms with Gasteiger partial charge in [-0.15, -0.1) is 0 Å². The molecule has 9 heteroatoms. The topological polar surface area (TPSA) is 97.6 Å². The van der Waals surface area contributed by atoms with Crippen molar-refractivity contribution in [3.05, 3.63) is 94.9 Å². The lowest BCUT2D eigenvalue weighted by Crippen LogP contribution is -2.55. The fraction of sp³-hybridized carbons (Fsp3) is 0.208. The molecule has 0 saturated carbocycles. The van der Waals surface area contributed by atoms with Crippen molar-refractivity contribution in [2.24, 2.45) is 5.73 Å². The lowest BCUT2D eigenvalue weighted by molar-refractivity contribution is -0.128. The number of nitrogens with one attached hydrogen (secondary N) is 1. The first-order valence-corrected chi connectivity index (χ1v) is 10.6. The van der Waals surface area contributed by atoms with Gasteiger partial charge in [0.2, 0.25) is 5.91 Å². The van der Waals surface area contributed by atoms with E-state index in [0.717, 1.165) is 5.56 Å². The maximum absolute atomic E-state index is 15.1. The molecule has 1 saturated heterocycles. The van der Waals surface area contributed by atoms with E-state index in [4.69, 9.17) is 22.1 Å². The second kappa shape index (κ2) is 8.80. The Morgan fingerprint density at radius 2 is 1.82 bits per heavy atom. The van der Waals surface area contributed by atoms with Gasteiger partial charge in [0.15, 0.2) is 5.54 Å². The number of carbonyl (C=O) groups excluding carboxylic acids is 2. The molecule has 2 unspecified atom stereocenters. The van der Waals surface area contributed by atoms with Crippen molar-refractivity contribution >= 4 is 29.4 Å². The average Bonchev–Trinajstić information content (AvgIpc) is 3.20. The molecule has 0 spiro atoms. The Bertz CT molecular complexity index is 1180. The predicted molar refractivity (Wildman–Crippen MR) is 122 cm³/mol. The predicted octanol–water partition coefficient (Wildman–Crippen LogP) is 4.03. The summed E-state index contributed by atoms with van der Waals surface area (Å²) in [4.78, 5) is 31.9. The highest BCUT2D eigenvalue weighted by atomic mass is 35.5. The lowest BCUT2D eigenvalue weighted by atomic mass is 9.80. The third-order valence-corrected chi connectivity index (χ3v) is 6.26. The molecule has 1 aromatic heterocycles. The largest absolute Gasteiger partial charge is 0.372 e. The van der Waals surface area contributed by atoms with Gasteiger partial charge >= 0.3 is 6.03 Å². The number of nitrogens with zero attached hydrogens (tertiary/aromatic N) is 2. The molecular weight excluding hydrogens is 447 g/mol. The van der Waals surface area contributed by atoms with Gasteiger partial charge in [0.1, 0.15) is 17.2 Å². The fourth-order valence-corrected chi connectivity index (χ4v) is 4.52. The summed E-state index contributed by atoms with van der Waals surface area (Å²) in [5.74, 6) is -1.31. The summed E-state index contributed by atoms with van der Waals surface area (Å²) in [6, 6.07) is 17.3. The molecule has 0 aliphatic carbocycles. The van der Waals surface area contributed by atoms with Crippen molar-refractivity contribution in [2.45, 2.75) is 17.6 Å². The normalized spacial score (nSPS) is 22.2. The van der Waals surface area contributed by atoms with Crippen LogP contribution in [0.15, 0.2) is 72.9 Å². The Morgan fingerprint density at radius 3 is 2.42 bits per heavy atom. The van der Waals surface area contributed by atoms with E-state index in [1.54, 1.807) is 12.1 Å². The smallest absolute Gasteiger partial charge is 0.324 e. The van der Waals surface area contributed by atoms with Crippen molar-refractivity contribution in [3.8, 4) is 0 Å². The number of rotatable bonds is 5. The highest BCUT2D eigenvalue weighted by Gasteiger charge is 2.61. The minimum Gasteiger partial charge on any atom is -0.372 e. The van der Waals surface area contributed by atoms with Crippen molar-refractivity contribution in [1.29, 1.82) is 0 Å². The van der Waals surface area contributed by atoms with Crippen LogP contribution in [-0.2, 0) is 20.7 Å². The van der Waals surface area contributed by atoms with Gasteiger partial charge in [-0.05, 0) is 23.8 Å². The Labute approximate surface area is 195 Å². The number of primary amides is 1. The Hall–Kier alpha value is -3.49. The summed E-state index contributed by atoms with van der Waals surface area (Å²) in [6.07, 6.45) is 1.31. The minimum atomic E-state index is -1.81. The van der Waals surface area contributed by atoms with Crippen molar-refractivity contribution in [1.82, 2.24) is 9.88 Å². The fourth-order valence-electron chi connectivity index (χ4n) is 4.41. The molecule has 0 radical (unpaired) electrons. The highest BCUT2D eigenvalue weighted by Crippen LogP contribution is 2.50. The van der Waals surface area contributed by atoms with Crippen LogP contribution in [-0.4, -0.2) is 35.5 Å². The number of halogens is 2. The van der Waals surface area contributed by atoms with Gasteiger partial charge < -0.3 is 15.4 Å². The van der Waals surface area contributed by atoms with Crippen LogP contribution in [0.5, 0.6) is 0 Å². The van der Waals surface area contributed by atoms with Crippen molar-refractivity contribution in [3.63, 3.8) is 0 Å². The maximum Gasteiger partial charge on any atom is 0.324 e. The van der Waals surface area contributed by atoms with Gasteiger partial charge in [0.05, 0.1) is 11.6 Å². The number of anilines is 1. The van der Waals surface area contributed by atoms with Gasteiger partial charge in [0, 0.05) is 25.3 Å². The first kappa shape index (κ1) is 22.7. The van der Waals surface area contributed by atoms with Gasteiger partial charge in [-0.2, -0.15) is 0 Å². The van der Waals surface area contributed by atoms with Crippen LogP contribution in [0.25, 0.3) is 0 Å². The molecule has 2 atom stereocenters. The van der Waals surface area contributed by atoms with E-state index in [1.165, 1.54) is 42.5 Å². The molecular formula is C24H22ClFN4O3. The number of nitrogens with two attached hydrogens (primary N) is 1. The summed E-state index contributed by atoms with van der Waals surface area (Å²) < 4.78 is 21.0. The van der Waals surface area contributed by atoms with E-state index < -0.39 is 28.9 Å². The number of hydrogen-bond acceptors (Lipinski definition) is 4. The number of amides is 3. The van der Waals surface area contributed by atoms with Crippen molar-refractivity contribution < 1.29 is 18.7 Å². The molecule has 3 N–H and O–H groups in total. The highest BCUT2D eigenvalue weighted by molar-refractivity contribution is 6.30. The maximum atomic E-state index is 15.1. The number of benzene rings is 2. The van der Waals surface area contributed by atoms with Crippen LogP contribution in [0.2, 0.25) is 5.02 Å². The summed E-state index contributed by atoms with van der Waals surface area (Å²) in [6.45, 7) is -0.0514. The van der Waals surface area contributed by atoms with Crippen LogP contribution < -0.4 is 11.1 Å². The Kier molecular flexibility index (Phi) is 6.05. The SMILES string of the molecule is COC1(c2ccccc2)CN(C(=O)Nc2ccc(Cl)cn2)C(C(N)=O)(c2ccccc2F)C1. The van der Waals surface area contributed by atoms with Gasteiger partial charge in [-0.1, -0.05) is 60.1 Å². The molecule has 3 aromatic rings. The van der Waals surface area contributed by atoms with E-state index in [0.29, 0.717) is 5.02 Å². The lowest BCUT2D eigenvalue weighted by Gasteiger charge is -2.35. The first-order valence-electron chi connectivity index (χ1n) is 10.2. The third kappa shape index (κ3) is 3.92. The average molecular weight is 469 g/mol. The number of urea groups is 1. The zero-order valence-electron chi connectivity index (χ0n) is 17.8. The van der Waals surface area contributed by atoms with E-state index in [1.807, 2.05) is 30.3 Å². The quantitative estimate of drug-likeness (QED) is 0.590. The third-order valence-electron chi connectivity index (χ3n) is 6.04. The van der Waals surface area contributed by atoms with Crippen molar-refractivity contribution in [2.75, 3.05) is 19.0 Å². The monoisotopic (exact) mass is 468 g/mol. The molecule has 1 aliphatic heterocycles. The van der Waals surface area contributed by atoms with E-state index >= 15 is 4.39 Å². The second-order valence-electron chi connectivity index (χ2n) is 7.82. The van der Waals surface area contributed by atoms with Crippen LogP contribution in [0.1, 0.15) is 17.5 Å². The summed E-state index contributed by atoms with van der Waals surface area (Å²) in [5, 5.41) is 3.05. The second-order valence-corrected chi connectivity index (χ2v) is 8.26. The summed E-state index contributed by atoms with van der Waals surface area (Å²) in [7, 11) is 1.49. The number of methoxy groups -OCH3 is 1. The number of ether oxygens (including phenoxy) is 1. The molecule has 2 heterocycles. The van der Waals surface area contributed by atoms with Crippen LogP contribution in [0.4, 0.5) is 15.0 Å². The summed E-state index contributed by atoms with van der Waals surface area (Å²) >= 11 is 5.88. The minimum absolute atomic E-state index is 0.00780. The first-order chi connectivity index (χ1) is 15.8. The van der Waals surface area contributed by atoms with Gasteiger partial charge in [-0.3, -0.25) is 10.1 Å². The molecule has 4 rings (SSSR count). The molecule has 3 amide bonds. The zero-order valence-corrected chi connectivity index (χ0v) is 18.6. The standard InChI is InChI=1S/C24H22ClFN4O3/c1-33-23(16-7-3-2-4-8-16)14-24(21(27)31,18-9-5-6-10-19(18)26)30(15-23)22(32)29-20-12-11-17(25)13-28-20/h2-13H,14-15H2,1H3,(H2,27,31)(H,28,29,32). The molecule has 7 nitrogen and oxygen atoms in total. The molecule has 1 aliphatic rings. The molecule has 2 aromatic carbocycles. The molecule has 33 heavy (non-hydrogen) atoms. The number of aromatic nitrogens is 1. The molecule has 170 valence electrons. The van der Waals surface area contributed by atoms with E-state index in [2.05, 4.69) is 10.3 Å². The van der Waals surface area contributed by atoms with Crippen LogP contribution in [0.3, 0.4) is 0 Å². The number of carbonyl (C=O) groups is 2. The van der Waals surface area contributed by atoms with E-state index in [-0.39, 0.29) is 24.3 Å². The van der Waals surface area contributed by atoms with E-state index in [9.17, 15) is 9.59 Å².